The van der Waals surface area contributed by atoms with Crippen molar-refractivity contribution in [2.45, 2.75) is 20.3 Å². The predicted molar refractivity (Wildman–Crippen MR) is 86.8 cm³/mol. The smallest absolute Gasteiger partial charge is 0.308 e. The van der Waals surface area contributed by atoms with Crippen LogP contribution in [0.3, 0.4) is 0 Å². The molecule has 0 spiro atoms. The summed E-state index contributed by atoms with van der Waals surface area (Å²) in [5.74, 6) is -1.05. The van der Waals surface area contributed by atoms with Gasteiger partial charge in [0.05, 0.1) is 13.0 Å². The number of aliphatic carboxylic acids is 1. The van der Waals surface area contributed by atoms with E-state index in [-0.39, 0.29) is 12.5 Å². The molecule has 0 saturated heterocycles. The first kappa shape index (κ1) is 19.0. The minimum absolute atomic E-state index is 0.173. The van der Waals surface area contributed by atoms with E-state index in [0.29, 0.717) is 37.5 Å². The summed E-state index contributed by atoms with van der Waals surface area (Å²) in [6.07, 6.45) is 0.669. The number of nitrogens with zero attached hydrogens (tertiary/aromatic N) is 1. The van der Waals surface area contributed by atoms with Crippen molar-refractivity contribution >= 4 is 11.9 Å². The number of carbonyl (C=O) groups excluding carboxylic acids is 1. The monoisotopic (exact) mass is 323 g/mol. The highest BCUT2D eigenvalue weighted by atomic mass is 16.5. The molecule has 0 fully saturated rings. The third-order valence-corrected chi connectivity index (χ3v) is 3.46. The third-order valence-electron chi connectivity index (χ3n) is 3.46. The van der Waals surface area contributed by atoms with Crippen molar-refractivity contribution in [1.82, 2.24) is 4.90 Å². The molecule has 0 heterocycles. The highest BCUT2D eigenvalue weighted by Crippen LogP contribution is 2.14. The Morgan fingerprint density at radius 3 is 2.43 bits per heavy atom. The number of hydrogen-bond acceptors (Lipinski definition) is 4. The fraction of sp³-hybridized carbons (Fsp3) is 0.529. The summed E-state index contributed by atoms with van der Waals surface area (Å²) in [5, 5.41) is 9.08. The van der Waals surface area contributed by atoms with Gasteiger partial charge in [-0.1, -0.05) is 6.92 Å². The second-order valence-electron chi connectivity index (χ2n) is 5.27. The normalized spacial score (nSPS) is 11.8. The molecule has 128 valence electrons. The van der Waals surface area contributed by atoms with Crippen molar-refractivity contribution in [1.29, 1.82) is 0 Å². The van der Waals surface area contributed by atoms with Gasteiger partial charge in [0.2, 0.25) is 0 Å². The van der Waals surface area contributed by atoms with Gasteiger partial charge in [0.1, 0.15) is 5.75 Å². The maximum Gasteiger partial charge on any atom is 0.308 e. The number of amides is 1. The van der Waals surface area contributed by atoms with Crippen LogP contribution in [-0.2, 0) is 9.53 Å². The summed E-state index contributed by atoms with van der Waals surface area (Å²) in [7, 11) is 1.56. The molecule has 0 aliphatic heterocycles. The van der Waals surface area contributed by atoms with Crippen molar-refractivity contribution in [3.05, 3.63) is 29.8 Å². The number of methoxy groups -OCH3 is 1. The maximum atomic E-state index is 12.6. The topological polar surface area (TPSA) is 76.1 Å². The molecule has 1 aromatic rings. The van der Waals surface area contributed by atoms with E-state index in [1.54, 1.807) is 43.2 Å². The molecule has 1 aromatic carbocycles. The van der Waals surface area contributed by atoms with Gasteiger partial charge in [0.15, 0.2) is 0 Å². The third kappa shape index (κ3) is 6.28. The molecule has 1 rings (SSSR count). The molecule has 0 aliphatic carbocycles. The molecule has 0 aromatic heterocycles. The largest absolute Gasteiger partial charge is 0.497 e. The Morgan fingerprint density at radius 1 is 1.26 bits per heavy atom. The Morgan fingerprint density at radius 2 is 1.91 bits per heavy atom. The highest BCUT2D eigenvalue weighted by molar-refractivity contribution is 5.94. The quantitative estimate of drug-likeness (QED) is 0.669. The number of rotatable bonds is 10. The van der Waals surface area contributed by atoms with E-state index < -0.39 is 11.9 Å². The average molecular weight is 323 g/mol. The van der Waals surface area contributed by atoms with Gasteiger partial charge in [-0.3, -0.25) is 9.59 Å². The van der Waals surface area contributed by atoms with Crippen LogP contribution in [0.5, 0.6) is 5.75 Å². The lowest BCUT2D eigenvalue weighted by molar-refractivity contribution is -0.141. The number of carboxylic acids is 1. The molecule has 6 nitrogen and oxygen atoms in total. The SMILES string of the molecule is CCOCCCN(CC(C)C(=O)O)C(=O)c1ccc(OC)cc1. The Balaban J connectivity index is 2.78. The lowest BCUT2D eigenvalue weighted by Crippen LogP contribution is -2.38. The van der Waals surface area contributed by atoms with Crippen LogP contribution in [0, 0.1) is 5.92 Å². The number of hydrogen-bond donors (Lipinski definition) is 1. The highest BCUT2D eigenvalue weighted by Gasteiger charge is 2.21. The molecule has 1 N–H and O–H groups in total. The molecule has 6 heteroatoms. The maximum absolute atomic E-state index is 12.6. The number of carboxylic acid groups (broad SMARTS) is 1. The van der Waals surface area contributed by atoms with Crippen molar-refractivity contribution in [2.24, 2.45) is 5.92 Å². The Kier molecular flexibility index (Phi) is 8.11. The van der Waals surface area contributed by atoms with Crippen molar-refractivity contribution in [3.63, 3.8) is 0 Å². The summed E-state index contributed by atoms with van der Waals surface area (Å²) in [4.78, 5) is 25.3. The van der Waals surface area contributed by atoms with Gasteiger partial charge in [0.25, 0.3) is 5.91 Å². The molecule has 0 saturated carbocycles. The van der Waals surface area contributed by atoms with Crippen LogP contribution in [0.1, 0.15) is 30.6 Å². The second-order valence-corrected chi connectivity index (χ2v) is 5.27. The molecule has 0 radical (unpaired) electrons. The standard InChI is InChI=1S/C17H25NO5/c1-4-23-11-5-10-18(12-13(2)17(20)21)16(19)14-6-8-15(22-3)9-7-14/h6-9,13H,4-5,10-12H2,1-3H3,(H,20,21). The van der Waals surface area contributed by atoms with Crippen molar-refractivity contribution < 1.29 is 24.2 Å². The molecular formula is C17H25NO5. The van der Waals surface area contributed by atoms with Crippen LogP contribution >= 0.6 is 0 Å². The van der Waals surface area contributed by atoms with Gasteiger partial charge in [-0.2, -0.15) is 0 Å². The summed E-state index contributed by atoms with van der Waals surface area (Å²) in [6.45, 7) is 5.31. The van der Waals surface area contributed by atoms with Gasteiger partial charge < -0.3 is 19.5 Å². The lowest BCUT2D eigenvalue weighted by Gasteiger charge is -2.24. The van der Waals surface area contributed by atoms with E-state index in [1.165, 1.54) is 0 Å². The van der Waals surface area contributed by atoms with Gasteiger partial charge in [-0.05, 0) is 37.6 Å². The van der Waals surface area contributed by atoms with E-state index in [2.05, 4.69) is 0 Å². The van der Waals surface area contributed by atoms with Gasteiger partial charge in [-0.25, -0.2) is 0 Å². The first-order chi connectivity index (χ1) is 11.0. The van der Waals surface area contributed by atoms with E-state index in [4.69, 9.17) is 14.6 Å². The molecule has 0 bridgehead atoms. The van der Waals surface area contributed by atoms with Crippen LogP contribution in [0.15, 0.2) is 24.3 Å². The minimum Gasteiger partial charge on any atom is -0.497 e. The van der Waals surface area contributed by atoms with Gasteiger partial charge in [-0.15, -0.1) is 0 Å². The predicted octanol–water partition coefficient (Wildman–Crippen LogP) is 2.28. The fourth-order valence-electron chi connectivity index (χ4n) is 2.10. The summed E-state index contributed by atoms with van der Waals surface area (Å²) >= 11 is 0. The number of benzene rings is 1. The summed E-state index contributed by atoms with van der Waals surface area (Å²) in [5.41, 5.74) is 0.514. The number of ether oxygens (including phenoxy) is 2. The molecule has 0 aliphatic rings. The zero-order valence-electron chi connectivity index (χ0n) is 13.9. The van der Waals surface area contributed by atoms with E-state index in [9.17, 15) is 9.59 Å². The van der Waals surface area contributed by atoms with Crippen molar-refractivity contribution in [3.8, 4) is 5.75 Å². The first-order valence-corrected chi connectivity index (χ1v) is 7.73. The van der Waals surface area contributed by atoms with Gasteiger partial charge >= 0.3 is 5.97 Å². The molecule has 23 heavy (non-hydrogen) atoms. The Bertz CT molecular complexity index is 500. The second kappa shape index (κ2) is 9.84. The van der Waals surface area contributed by atoms with E-state index in [0.717, 1.165) is 0 Å². The minimum atomic E-state index is -0.915. The van der Waals surface area contributed by atoms with Gasteiger partial charge in [0, 0.05) is 31.9 Å². The van der Waals surface area contributed by atoms with Crippen LogP contribution in [0.2, 0.25) is 0 Å². The van der Waals surface area contributed by atoms with Crippen LogP contribution in [0.25, 0.3) is 0 Å². The molecule has 1 atom stereocenters. The Hall–Kier alpha value is -2.08. The van der Waals surface area contributed by atoms with E-state index in [1.807, 2.05) is 6.92 Å². The molecule has 1 unspecified atom stereocenters. The zero-order valence-corrected chi connectivity index (χ0v) is 13.9. The lowest BCUT2D eigenvalue weighted by atomic mass is 10.1. The summed E-state index contributed by atoms with van der Waals surface area (Å²) < 4.78 is 10.4. The summed E-state index contributed by atoms with van der Waals surface area (Å²) in [6, 6.07) is 6.79. The van der Waals surface area contributed by atoms with Crippen LogP contribution in [-0.4, -0.2) is 55.3 Å². The first-order valence-electron chi connectivity index (χ1n) is 7.73. The number of carbonyl (C=O) groups is 2. The van der Waals surface area contributed by atoms with Crippen LogP contribution in [0.4, 0.5) is 0 Å². The van der Waals surface area contributed by atoms with Crippen molar-refractivity contribution in [2.75, 3.05) is 33.4 Å². The fourth-order valence-corrected chi connectivity index (χ4v) is 2.10. The average Bonchev–Trinajstić information content (AvgIpc) is 2.56. The van der Waals surface area contributed by atoms with E-state index >= 15 is 0 Å². The Labute approximate surface area is 137 Å². The molecular weight excluding hydrogens is 298 g/mol. The molecule has 1 amide bonds. The van der Waals surface area contributed by atoms with Crippen LogP contribution < -0.4 is 4.74 Å². The zero-order chi connectivity index (χ0) is 17.2.